The van der Waals surface area contributed by atoms with Gasteiger partial charge in [-0.2, -0.15) is 5.10 Å². The van der Waals surface area contributed by atoms with Crippen LogP contribution >= 0.6 is 15.9 Å². The molecule has 1 aromatic heterocycles. The molecule has 4 nitrogen and oxygen atoms in total. The lowest BCUT2D eigenvalue weighted by Gasteiger charge is -2.12. The van der Waals surface area contributed by atoms with Gasteiger partial charge in [-0.3, -0.25) is 9.48 Å². The average Bonchev–Trinajstić information content (AvgIpc) is 2.54. The van der Waals surface area contributed by atoms with Crippen LogP contribution in [0.5, 0.6) is 0 Å². The van der Waals surface area contributed by atoms with Crippen LogP contribution in [0.25, 0.3) is 0 Å². The number of carbonyl (C=O) groups is 1. The molecule has 5 heteroatoms. The van der Waals surface area contributed by atoms with Crippen LogP contribution in [0.3, 0.4) is 0 Å². The van der Waals surface area contributed by atoms with Gasteiger partial charge in [-0.15, -0.1) is 6.58 Å². The fourth-order valence-electron chi connectivity index (χ4n) is 1.54. The molecular formula is C12H18BrN3O. The van der Waals surface area contributed by atoms with Gasteiger partial charge < -0.3 is 5.32 Å². The van der Waals surface area contributed by atoms with Crippen LogP contribution < -0.4 is 5.32 Å². The Morgan fingerprint density at radius 1 is 1.65 bits per heavy atom. The Kier molecular flexibility index (Phi) is 4.93. The molecule has 0 unspecified atom stereocenters. The molecule has 1 rings (SSSR count). The maximum absolute atomic E-state index is 11.7. The number of aryl methyl sites for hydroxylation is 1. The van der Waals surface area contributed by atoms with Gasteiger partial charge in [0.25, 0.3) is 0 Å². The van der Waals surface area contributed by atoms with E-state index in [0.29, 0.717) is 13.1 Å². The lowest BCUT2D eigenvalue weighted by atomic mass is 10.1. The summed E-state index contributed by atoms with van der Waals surface area (Å²) in [5.41, 5.74) is 1.99. The minimum absolute atomic E-state index is 0.0218. The quantitative estimate of drug-likeness (QED) is 0.847. The van der Waals surface area contributed by atoms with Crippen molar-refractivity contribution in [3.63, 3.8) is 0 Å². The van der Waals surface area contributed by atoms with Crippen molar-refractivity contribution in [1.82, 2.24) is 15.1 Å². The van der Waals surface area contributed by atoms with E-state index in [1.165, 1.54) is 0 Å². The van der Waals surface area contributed by atoms with E-state index in [1.54, 1.807) is 6.08 Å². The van der Waals surface area contributed by atoms with E-state index in [1.807, 2.05) is 25.5 Å². The molecule has 0 bridgehead atoms. The zero-order valence-corrected chi connectivity index (χ0v) is 12.0. The van der Waals surface area contributed by atoms with Gasteiger partial charge >= 0.3 is 0 Å². The summed E-state index contributed by atoms with van der Waals surface area (Å²) in [6, 6.07) is 0. The number of aromatic nitrogens is 2. The Labute approximate surface area is 110 Å². The van der Waals surface area contributed by atoms with Crippen LogP contribution in [0.4, 0.5) is 0 Å². The normalized spacial score (nSPS) is 12.2. The Hall–Kier alpha value is -1.10. The number of amides is 1. The van der Waals surface area contributed by atoms with Crippen molar-refractivity contribution in [1.29, 1.82) is 0 Å². The molecule has 1 amide bonds. The Morgan fingerprint density at radius 3 is 2.76 bits per heavy atom. The summed E-state index contributed by atoms with van der Waals surface area (Å²) in [5, 5.41) is 7.17. The minimum Gasteiger partial charge on any atom is -0.352 e. The topological polar surface area (TPSA) is 46.9 Å². The average molecular weight is 300 g/mol. The van der Waals surface area contributed by atoms with E-state index in [9.17, 15) is 4.79 Å². The largest absolute Gasteiger partial charge is 0.352 e. The number of carbonyl (C=O) groups excluding carboxylic acids is 1. The SMILES string of the molecule is C=CCNC(=O)[C@H](C)Cn1nc(C)c(Br)c1C. The second kappa shape index (κ2) is 6.00. The maximum Gasteiger partial charge on any atom is 0.224 e. The van der Waals surface area contributed by atoms with Crippen molar-refractivity contribution in [3.05, 3.63) is 28.5 Å². The summed E-state index contributed by atoms with van der Waals surface area (Å²) in [5.74, 6) is -0.0894. The first-order valence-electron chi connectivity index (χ1n) is 5.55. The second-order valence-electron chi connectivity index (χ2n) is 4.10. The van der Waals surface area contributed by atoms with E-state index in [2.05, 4.69) is 32.9 Å². The summed E-state index contributed by atoms with van der Waals surface area (Å²) < 4.78 is 2.87. The predicted molar refractivity (Wildman–Crippen MR) is 71.8 cm³/mol. The van der Waals surface area contributed by atoms with Crippen molar-refractivity contribution in [3.8, 4) is 0 Å². The predicted octanol–water partition coefficient (Wildman–Crippen LogP) is 2.20. The highest BCUT2D eigenvalue weighted by atomic mass is 79.9. The fraction of sp³-hybridized carbons (Fsp3) is 0.500. The molecule has 0 aliphatic heterocycles. The van der Waals surface area contributed by atoms with Crippen molar-refractivity contribution in [2.75, 3.05) is 6.54 Å². The Bertz CT molecular complexity index is 426. The van der Waals surface area contributed by atoms with Crippen molar-refractivity contribution in [2.24, 2.45) is 5.92 Å². The van der Waals surface area contributed by atoms with E-state index < -0.39 is 0 Å². The van der Waals surface area contributed by atoms with Gasteiger partial charge in [-0.1, -0.05) is 13.0 Å². The highest BCUT2D eigenvalue weighted by molar-refractivity contribution is 9.10. The fourth-order valence-corrected chi connectivity index (χ4v) is 1.83. The van der Waals surface area contributed by atoms with E-state index in [-0.39, 0.29) is 11.8 Å². The summed E-state index contributed by atoms with van der Waals surface area (Å²) in [7, 11) is 0. The number of rotatable bonds is 5. The zero-order valence-electron chi connectivity index (χ0n) is 10.5. The number of halogens is 1. The molecule has 1 N–H and O–H groups in total. The molecule has 0 radical (unpaired) electrons. The van der Waals surface area contributed by atoms with Gasteiger partial charge in [0, 0.05) is 12.2 Å². The van der Waals surface area contributed by atoms with Gasteiger partial charge in [-0.25, -0.2) is 0 Å². The Morgan fingerprint density at radius 2 is 2.29 bits per heavy atom. The molecule has 17 heavy (non-hydrogen) atoms. The first kappa shape index (κ1) is 14.0. The van der Waals surface area contributed by atoms with Gasteiger partial charge in [0.2, 0.25) is 5.91 Å². The number of hydrogen-bond donors (Lipinski definition) is 1. The third kappa shape index (κ3) is 3.43. The summed E-state index contributed by atoms with van der Waals surface area (Å²) in [6.07, 6.45) is 1.67. The molecule has 0 aliphatic carbocycles. The van der Waals surface area contributed by atoms with E-state index >= 15 is 0 Å². The second-order valence-corrected chi connectivity index (χ2v) is 4.89. The van der Waals surface area contributed by atoms with E-state index in [0.717, 1.165) is 15.9 Å². The molecule has 94 valence electrons. The standard InChI is InChI=1S/C12H18BrN3O/c1-5-6-14-12(17)8(2)7-16-10(4)11(13)9(3)15-16/h5,8H,1,6-7H2,2-4H3,(H,14,17)/t8-/m1/s1. The molecule has 0 aliphatic rings. The summed E-state index contributed by atoms with van der Waals surface area (Å²) in [4.78, 5) is 11.7. The van der Waals surface area contributed by atoms with Crippen LogP contribution in [0.15, 0.2) is 17.1 Å². The van der Waals surface area contributed by atoms with Crippen LogP contribution in [0, 0.1) is 19.8 Å². The molecule has 1 atom stereocenters. The molecule has 1 heterocycles. The van der Waals surface area contributed by atoms with Crippen LogP contribution in [0.1, 0.15) is 18.3 Å². The highest BCUT2D eigenvalue weighted by Crippen LogP contribution is 2.20. The van der Waals surface area contributed by atoms with Crippen molar-refractivity contribution >= 4 is 21.8 Å². The zero-order chi connectivity index (χ0) is 13.0. The lowest BCUT2D eigenvalue weighted by Crippen LogP contribution is -2.32. The third-order valence-electron chi connectivity index (χ3n) is 2.61. The summed E-state index contributed by atoms with van der Waals surface area (Å²) >= 11 is 3.47. The number of nitrogens with one attached hydrogen (secondary N) is 1. The molecule has 1 aromatic rings. The molecule has 0 fully saturated rings. The molecule has 0 aromatic carbocycles. The van der Waals surface area contributed by atoms with Gasteiger partial charge in [0.15, 0.2) is 0 Å². The first-order valence-corrected chi connectivity index (χ1v) is 6.34. The third-order valence-corrected chi connectivity index (χ3v) is 3.76. The number of nitrogens with zero attached hydrogens (tertiary/aromatic N) is 2. The monoisotopic (exact) mass is 299 g/mol. The number of hydrogen-bond acceptors (Lipinski definition) is 2. The van der Waals surface area contributed by atoms with Crippen LogP contribution in [-0.2, 0) is 11.3 Å². The molecular weight excluding hydrogens is 282 g/mol. The maximum atomic E-state index is 11.7. The molecule has 0 saturated heterocycles. The van der Waals surface area contributed by atoms with Crippen LogP contribution in [-0.4, -0.2) is 22.2 Å². The van der Waals surface area contributed by atoms with Crippen molar-refractivity contribution in [2.45, 2.75) is 27.3 Å². The minimum atomic E-state index is -0.111. The first-order chi connectivity index (χ1) is 7.97. The lowest BCUT2D eigenvalue weighted by molar-refractivity contribution is -0.124. The summed E-state index contributed by atoms with van der Waals surface area (Å²) in [6.45, 7) is 10.5. The van der Waals surface area contributed by atoms with Gasteiger partial charge in [-0.05, 0) is 29.8 Å². The van der Waals surface area contributed by atoms with Crippen molar-refractivity contribution < 1.29 is 4.79 Å². The van der Waals surface area contributed by atoms with E-state index in [4.69, 9.17) is 0 Å². The Balaban J connectivity index is 2.67. The van der Waals surface area contributed by atoms with Gasteiger partial charge in [0.05, 0.1) is 22.6 Å². The molecule has 0 saturated carbocycles. The van der Waals surface area contributed by atoms with Crippen LogP contribution in [0.2, 0.25) is 0 Å². The highest BCUT2D eigenvalue weighted by Gasteiger charge is 2.16. The molecule has 0 spiro atoms. The van der Waals surface area contributed by atoms with Gasteiger partial charge in [0.1, 0.15) is 0 Å². The smallest absolute Gasteiger partial charge is 0.224 e.